The van der Waals surface area contributed by atoms with Crippen molar-refractivity contribution in [2.45, 2.75) is 75.7 Å². The second-order valence-corrected chi connectivity index (χ2v) is 9.25. The van der Waals surface area contributed by atoms with Crippen molar-refractivity contribution in [2.75, 3.05) is 6.61 Å². The Labute approximate surface area is 184 Å². The molecule has 0 rings (SSSR count). The highest BCUT2D eigenvalue weighted by atomic mass is 32.2. The lowest BCUT2D eigenvalue weighted by molar-refractivity contribution is -0.357. The van der Waals surface area contributed by atoms with Crippen LogP contribution in [0.2, 0.25) is 0 Å². The lowest BCUT2D eigenvalue weighted by Gasteiger charge is -2.34. The Morgan fingerprint density at radius 3 is 1.79 bits per heavy atom. The smallest absolute Gasteiger partial charge is 0.455 e. The van der Waals surface area contributed by atoms with Crippen molar-refractivity contribution in [3.05, 3.63) is 12.2 Å². The molecule has 8 nitrogen and oxygen atoms in total. The largest absolute Gasteiger partial charge is 0.468 e. The number of rotatable bonds is 11. The Morgan fingerprint density at radius 2 is 1.42 bits per heavy atom. The van der Waals surface area contributed by atoms with E-state index < -0.39 is 82.2 Å². The summed E-state index contributed by atoms with van der Waals surface area (Å²) >= 11 is 0. The van der Waals surface area contributed by atoms with Crippen molar-refractivity contribution in [1.82, 2.24) is 0 Å². The molecular formula is C17H23F7O8S. The van der Waals surface area contributed by atoms with E-state index >= 15 is 0 Å². The van der Waals surface area contributed by atoms with Crippen LogP contribution in [0.15, 0.2) is 12.2 Å². The Kier molecular flexibility index (Phi) is 9.53. The number of hydrogen-bond acceptors (Lipinski definition) is 7. The van der Waals surface area contributed by atoms with E-state index in [2.05, 4.69) is 20.8 Å². The zero-order chi connectivity index (χ0) is 26.7. The molecular weight excluding hydrogens is 497 g/mol. The van der Waals surface area contributed by atoms with Gasteiger partial charge < -0.3 is 14.2 Å². The van der Waals surface area contributed by atoms with Crippen LogP contribution in [0.3, 0.4) is 0 Å². The molecule has 0 saturated carbocycles. The third-order valence-corrected chi connectivity index (χ3v) is 4.51. The van der Waals surface area contributed by atoms with E-state index in [9.17, 15) is 48.7 Å². The molecule has 0 spiro atoms. The van der Waals surface area contributed by atoms with E-state index in [-0.39, 0.29) is 0 Å². The highest BCUT2D eigenvalue weighted by Crippen LogP contribution is 2.42. The van der Waals surface area contributed by atoms with Gasteiger partial charge in [-0.25, -0.2) is 9.59 Å². The number of carbonyl (C=O) groups is 2. The van der Waals surface area contributed by atoms with Gasteiger partial charge in [-0.3, -0.25) is 4.55 Å². The first-order valence-corrected chi connectivity index (χ1v) is 10.4. The fraction of sp³-hybridized carbons (Fsp3) is 0.765. The summed E-state index contributed by atoms with van der Waals surface area (Å²) in [5.74, 6) is -13.5. The fourth-order valence-corrected chi connectivity index (χ4v) is 2.43. The first-order valence-electron chi connectivity index (χ1n) is 8.97. The van der Waals surface area contributed by atoms with Crippen LogP contribution in [0.4, 0.5) is 30.7 Å². The number of esters is 2. The maximum absolute atomic E-state index is 13.8. The van der Waals surface area contributed by atoms with Gasteiger partial charge in [0.05, 0.1) is 6.61 Å². The summed E-state index contributed by atoms with van der Waals surface area (Å²) in [5, 5.41) is -5.86. The molecule has 33 heavy (non-hydrogen) atoms. The molecule has 0 aliphatic carbocycles. The average molecular weight is 520 g/mol. The maximum Gasteiger partial charge on any atom is 0.468 e. The highest BCUT2D eigenvalue weighted by Gasteiger charge is 2.68. The van der Waals surface area contributed by atoms with Crippen LogP contribution in [0.5, 0.6) is 0 Å². The first kappa shape index (κ1) is 31.1. The summed E-state index contributed by atoms with van der Waals surface area (Å²) in [6.07, 6.45) is -9.53. The summed E-state index contributed by atoms with van der Waals surface area (Å²) in [7, 11) is -6.49. The zero-order valence-electron chi connectivity index (χ0n) is 17.9. The van der Waals surface area contributed by atoms with Gasteiger partial charge in [-0.2, -0.15) is 39.2 Å². The second kappa shape index (κ2) is 10.1. The summed E-state index contributed by atoms with van der Waals surface area (Å²) in [5.41, 5.74) is -2.08. The van der Waals surface area contributed by atoms with Crippen molar-refractivity contribution < 1.29 is 67.5 Å². The van der Waals surface area contributed by atoms with Gasteiger partial charge in [-0.1, -0.05) is 6.58 Å². The predicted octanol–water partition coefficient (Wildman–Crippen LogP) is 4.01. The minimum atomic E-state index is -6.49. The molecule has 0 aromatic rings. The van der Waals surface area contributed by atoms with Gasteiger partial charge in [0.15, 0.2) is 0 Å². The standard InChI is InChI=1S/C17H23F7O8S/c1-10(2)11(25)31-15(16(20,21)22,12(26)32-13(3,4)5)30-9-7-6-8-14(18,19)17(23,24)33(27,28)29/h1,6-9H2,2-5H3,(H,27,28,29). The van der Waals surface area contributed by atoms with Crippen molar-refractivity contribution in [3.8, 4) is 0 Å². The van der Waals surface area contributed by atoms with Crippen LogP contribution in [0, 0.1) is 0 Å². The Hall–Kier alpha value is -1.94. The molecule has 0 bridgehead atoms. The van der Waals surface area contributed by atoms with E-state index in [1.807, 2.05) is 0 Å². The molecule has 0 saturated heterocycles. The summed E-state index contributed by atoms with van der Waals surface area (Å²) in [6.45, 7) is 6.33. The Morgan fingerprint density at radius 1 is 0.939 bits per heavy atom. The van der Waals surface area contributed by atoms with E-state index in [1.54, 1.807) is 0 Å². The van der Waals surface area contributed by atoms with Crippen LogP contribution < -0.4 is 0 Å². The number of halogens is 7. The number of carbonyl (C=O) groups excluding carboxylic acids is 2. The normalized spacial score (nSPS) is 15.5. The molecule has 1 unspecified atom stereocenters. The summed E-state index contributed by atoms with van der Waals surface area (Å²) in [6, 6.07) is 0. The SMILES string of the molecule is C=C(C)C(=O)OC(OCCCCC(F)(F)C(F)(F)S(=O)(=O)O)(C(=O)OC(C)(C)C)C(F)(F)F. The number of unbranched alkanes of at least 4 members (excludes halogenated alkanes) is 1. The number of alkyl halides is 7. The van der Waals surface area contributed by atoms with Crippen molar-refractivity contribution >= 4 is 22.1 Å². The maximum atomic E-state index is 13.8. The molecule has 1 N–H and O–H groups in total. The third kappa shape index (κ3) is 7.81. The van der Waals surface area contributed by atoms with Crippen LogP contribution >= 0.6 is 0 Å². The minimum Gasteiger partial charge on any atom is -0.455 e. The minimum absolute atomic E-state index is 0.567. The topological polar surface area (TPSA) is 116 Å². The molecule has 0 aliphatic rings. The molecule has 0 radical (unpaired) electrons. The molecule has 0 aliphatic heterocycles. The lowest BCUT2D eigenvalue weighted by Crippen LogP contribution is -2.59. The molecule has 194 valence electrons. The second-order valence-electron chi connectivity index (χ2n) is 7.79. The van der Waals surface area contributed by atoms with Crippen LogP contribution in [-0.4, -0.2) is 60.3 Å². The van der Waals surface area contributed by atoms with Crippen LogP contribution in [0.1, 0.15) is 47.0 Å². The van der Waals surface area contributed by atoms with E-state index in [0.29, 0.717) is 0 Å². The lowest BCUT2D eigenvalue weighted by atomic mass is 10.1. The first-order chi connectivity index (χ1) is 14.4. The summed E-state index contributed by atoms with van der Waals surface area (Å²) in [4.78, 5) is 24.0. The van der Waals surface area contributed by atoms with E-state index in [0.717, 1.165) is 6.92 Å². The number of hydrogen-bond donors (Lipinski definition) is 1. The van der Waals surface area contributed by atoms with Gasteiger partial charge in [0.2, 0.25) is 0 Å². The van der Waals surface area contributed by atoms with Gasteiger partial charge in [0, 0.05) is 12.0 Å². The van der Waals surface area contributed by atoms with Gasteiger partial charge in [-0.05, 0) is 40.5 Å². The highest BCUT2D eigenvalue weighted by molar-refractivity contribution is 7.87. The van der Waals surface area contributed by atoms with Gasteiger partial charge in [-0.15, -0.1) is 0 Å². The molecule has 0 aromatic carbocycles. The fourth-order valence-electron chi connectivity index (χ4n) is 1.95. The third-order valence-electron chi connectivity index (χ3n) is 3.57. The van der Waals surface area contributed by atoms with E-state index in [1.165, 1.54) is 20.8 Å². The number of ether oxygens (including phenoxy) is 3. The molecule has 0 fully saturated rings. The van der Waals surface area contributed by atoms with Gasteiger partial charge in [0.25, 0.3) is 0 Å². The van der Waals surface area contributed by atoms with Crippen molar-refractivity contribution in [2.24, 2.45) is 0 Å². The van der Waals surface area contributed by atoms with E-state index in [4.69, 9.17) is 4.55 Å². The predicted molar refractivity (Wildman–Crippen MR) is 96.8 cm³/mol. The zero-order valence-corrected chi connectivity index (χ0v) is 18.7. The van der Waals surface area contributed by atoms with Crippen LogP contribution in [-0.2, 0) is 33.9 Å². The average Bonchev–Trinajstić information content (AvgIpc) is 2.56. The van der Waals surface area contributed by atoms with Crippen LogP contribution in [0.25, 0.3) is 0 Å². The quantitative estimate of drug-likeness (QED) is 0.109. The summed E-state index contributed by atoms with van der Waals surface area (Å²) < 4.78 is 137. The Balaban J connectivity index is 5.66. The van der Waals surface area contributed by atoms with Gasteiger partial charge >= 0.3 is 45.2 Å². The molecule has 0 aromatic heterocycles. The van der Waals surface area contributed by atoms with Gasteiger partial charge in [0.1, 0.15) is 5.60 Å². The monoisotopic (exact) mass is 520 g/mol. The van der Waals surface area contributed by atoms with Crippen molar-refractivity contribution in [1.29, 1.82) is 0 Å². The molecule has 1 atom stereocenters. The Bertz CT molecular complexity index is 846. The molecule has 0 heterocycles. The van der Waals surface area contributed by atoms with Crippen molar-refractivity contribution in [3.63, 3.8) is 0 Å². The molecule has 0 amide bonds. The molecule has 16 heteroatoms.